The Morgan fingerprint density at radius 2 is 2.26 bits per heavy atom. The Balaban J connectivity index is 1.53. The molecule has 1 amide bonds. The van der Waals surface area contributed by atoms with Crippen LogP contribution in [0.3, 0.4) is 0 Å². The van der Waals surface area contributed by atoms with Gasteiger partial charge in [0.2, 0.25) is 12.7 Å². The predicted molar refractivity (Wildman–Crippen MR) is 82.2 cm³/mol. The molecule has 1 aliphatic rings. The molecule has 0 unspecified atom stereocenters. The van der Waals surface area contributed by atoms with Crippen molar-refractivity contribution in [1.29, 1.82) is 0 Å². The van der Waals surface area contributed by atoms with E-state index in [1.807, 2.05) is 22.8 Å². The van der Waals surface area contributed by atoms with Gasteiger partial charge in [-0.1, -0.05) is 6.07 Å². The molecule has 0 bridgehead atoms. The van der Waals surface area contributed by atoms with Gasteiger partial charge >= 0.3 is 0 Å². The molecule has 1 aliphatic heterocycles. The molecule has 0 atom stereocenters. The molecule has 23 heavy (non-hydrogen) atoms. The lowest BCUT2D eigenvalue weighted by molar-refractivity contribution is -0.120. The van der Waals surface area contributed by atoms with Crippen molar-refractivity contribution >= 4 is 5.91 Å². The smallest absolute Gasteiger partial charge is 0.231 e. The summed E-state index contributed by atoms with van der Waals surface area (Å²) in [6.45, 7) is 1.99. The second kappa shape index (κ2) is 7.15. The second-order valence-corrected chi connectivity index (χ2v) is 5.21. The summed E-state index contributed by atoms with van der Waals surface area (Å²) < 4.78 is 17.6. The van der Waals surface area contributed by atoms with Gasteiger partial charge in [0.15, 0.2) is 11.5 Å². The summed E-state index contributed by atoms with van der Waals surface area (Å²) in [5.41, 5.74) is 1.83. The minimum Gasteiger partial charge on any atom is -0.454 e. The highest BCUT2D eigenvalue weighted by Crippen LogP contribution is 2.32. The zero-order chi connectivity index (χ0) is 16.1. The van der Waals surface area contributed by atoms with Crippen molar-refractivity contribution in [3.63, 3.8) is 0 Å². The van der Waals surface area contributed by atoms with E-state index in [4.69, 9.17) is 14.2 Å². The number of rotatable bonds is 7. The number of carbonyl (C=O) groups excluding carboxylic acids is 1. The maximum Gasteiger partial charge on any atom is 0.231 e. The summed E-state index contributed by atoms with van der Waals surface area (Å²) >= 11 is 0. The summed E-state index contributed by atoms with van der Waals surface area (Å²) in [4.78, 5) is 16.2. The fourth-order valence-corrected chi connectivity index (χ4v) is 2.37. The van der Waals surface area contributed by atoms with Crippen molar-refractivity contribution in [2.45, 2.75) is 19.5 Å². The lowest BCUT2D eigenvalue weighted by Gasteiger charge is -2.09. The molecule has 1 aromatic carbocycles. The number of nitrogens with zero attached hydrogens (tertiary/aromatic N) is 2. The summed E-state index contributed by atoms with van der Waals surface area (Å²) in [7, 11) is 1.66. The predicted octanol–water partition coefficient (Wildman–Crippen LogP) is 1.12. The van der Waals surface area contributed by atoms with Gasteiger partial charge in [-0.05, 0) is 17.7 Å². The molecular weight excluding hydrogens is 298 g/mol. The molecule has 1 N–H and O–H groups in total. The van der Waals surface area contributed by atoms with E-state index in [1.54, 1.807) is 19.6 Å². The second-order valence-electron chi connectivity index (χ2n) is 5.21. The third kappa shape index (κ3) is 3.81. The quantitative estimate of drug-likeness (QED) is 0.828. The Kier molecular flexibility index (Phi) is 4.77. The molecule has 0 spiro atoms. The van der Waals surface area contributed by atoms with Gasteiger partial charge in [0, 0.05) is 19.9 Å². The van der Waals surface area contributed by atoms with Crippen LogP contribution in [0.4, 0.5) is 0 Å². The van der Waals surface area contributed by atoms with E-state index in [0.717, 1.165) is 17.0 Å². The van der Waals surface area contributed by atoms with Gasteiger partial charge < -0.3 is 24.1 Å². The highest BCUT2D eigenvalue weighted by Gasteiger charge is 2.14. The summed E-state index contributed by atoms with van der Waals surface area (Å²) in [5, 5.41) is 2.91. The first-order chi connectivity index (χ1) is 11.3. The molecule has 2 heterocycles. The van der Waals surface area contributed by atoms with Gasteiger partial charge in [-0.25, -0.2) is 4.98 Å². The van der Waals surface area contributed by atoms with Crippen LogP contribution in [0.25, 0.3) is 0 Å². The minimum atomic E-state index is -0.0524. The number of imidazole rings is 1. The maximum atomic E-state index is 12.1. The molecule has 2 aromatic rings. The van der Waals surface area contributed by atoms with E-state index in [0.29, 0.717) is 31.9 Å². The van der Waals surface area contributed by atoms with Crippen molar-refractivity contribution in [2.24, 2.45) is 0 Å². The monoisotopic (exact) mass is 317 g/mol. The molecule has 1 aromatic heterocycles. The van der Waals surface area contributed by atoms with Crippen LogP contribution >= 0.6 is 0 Å². The molecular formula is C16H19N3O4. The van der Waals surface area contributed by atoms with Crippen LogP contribution < -0.4 is 14.8 Å². The number of aromatic nitrogens is 2. The molecule has 7 nitrogen and oxygen atoms in total. The highest BCUT2D eigenvalue weighted by molar-refractivity contribution is 5.78. The summed E-state index contributed by atoms with van der Waals surface area (Å²) in [5.74, 6) is 1.35. The average molecular weight is 317 g/mol. The normalized spacial score (nSPS) is 12.4. The number of hydrogen-bond acceptors (Lipinski definition) is 5. The van der Waals surface area contributed by atoms with Crippen molar-refractivity contribution in [3.8, 4) is 11.5 Å². The molecule has 7 heteroatoms. The first-order valence-corrected chi connectivity index (χ1v) is 7.39. The van der Waals surface area contributed by atoms with Crippen molar-refractivity contribution in [3.05, 3.63) is 42.0 Å². The Hall–Kier alpha value is -2.54. The van der Waals surface area contributed by atoms with Gasteiger partial charge in [-0.15, -0.1) is 0 Å². The van der Waals surface area contributed by atoms with E-state index in [2.05, 4.69) is 10.3 Å². The van der Waals surface area contributed by atoms with E-state index < -0.39 is 0 Å². The summed E-state index contributed by atoms with van der Waals surface area (Å²) in [6, 6.07) is 5.53. The Bertz CT molecular complexity index is 684. The SMILES string of the molecule is COCCn1cncc1CNC(=O)Cc1ccc2c(c1)OCO2. The highest BCUT2D eigenvalue weighted by atomic mass is 16.7. The van der Waals surface area contributed by atoms with Gasteiger partial charge in [0.05, 0.1) is 31.6 Å². The van der Waals surface area contributed by atoms with E-state index in [-0.39, 0.29) is 12.7 Å². The van der Waals surface area contributed by atoms with Gasteiger partial charge in [0.25, 0.3) is 0 Å². The zero-order valence-corrected chi connectivity index (χ0v) is 12.9. The molecule has 0 fully saturated rings. The van der Waals surface area contributed by atoms with Crippen molar-refractivity contribution < 1.29 is 19.0 Å². The minimum absolute atomic E-state index is 0.0524. The van der Waals surface area contributed by atoms with Crippen LogP contribution in [0.5, 0.6) is 11.5 Å². The van der Waals surface area contributed by atoms with Gasteiger partial charge in [-0.3, -0.25) is 4.79 Å². The van der Waals surface area contributed by atoms with Crippen LogP contribution in [-0.4, -0.2) is 36.0 Å². The number of fused-ring (bicyclic) bond motifs is 1. The first kappa shape index (κ1) is 15.4. The number of carbonyl (C=O) groups is 1. The molecule has 0 radical (unpaired) electrons. The third-order valence-corrected chi connectivity index (χ3v) is 3.60. The van der Waals surface area contributed by atoms with E-state index in [9.17, 15) is 4.79 Å². The number of benzene rings is 1. The fourth-order valence-electron chi connectivity index (χ4n) is 2.37. The largest absolute Gasteiger partial charge is 0.454 e. The number of amides is 1. The molecule has 0 saturated heterocycles. The maximum absolute atomic E-state index is 12.1. The van der Waals surface area contributed by atoms with E-state index in [1.165, 1.54) is 0 Å². The Morgan fingerprint density at radius 3 is 3.13 bits per heavy atom. The topological polar surface area (TPSA) is 74.6 Å². The zero-order valence-electron chi connectivity index (χ0n) is 12.9. The number of hydrogen-bond donors (Lipinski definition) is 1. The van der Waals surface area contributed by atoms with Crippen molar-refractivity contribution in [1.82, 2.24) is 14.9 Å². The molecule has 122 valence electrons. The molecule has 0 aliphatic carbocycles. The van der Waals surface area contributed by atoms with E-state index >= 15 is 0 Å². The Morgan fingerprint density at radius 1 is 1.39 bits per heavy atom. The molecule has 3 rings (SSSR count). The van der Waals surface area contributed by atoms with Gasteiger partial charge in [-0.2, -0.15) is 0 Å². The number of nitrogens with one attached hydrogen (secondary N) is 1. The summed E-state index contributed by atoms with van der Waals surface area (Å²) in [6.07, 6.45) is 3.78. The standard InChI is InChI=1S/C16H19N3O4/c1-21-5-4-19-10-17-8-13(19)9-18-16(20)7-12-2-3-14-15(6-12)23-11-22-14/h2-3,6,8,10H,4-5,7,9,11H2,1H3,(H,18,20). The van der Waals surface area contributed by atoms with Gasteiger partial charge in [0.1, 0.15) is 0 Å². The lowest BCUT2D eigenvalue weighted by atomic mass is 10.1. The third-order valence-electron chi connectivity index (χ3n) is 3.60. The number of methoxy groups -OCH3 is 1. The van der Waals surface area contributed by atoms with Crippen LogP contribution in [0.1, 0.15) is 11.3 Å². The fraction of sp³-hybridized carbons (Fsp3) is 0.375. The number of ether oxygens (including phenoxy) is 3. The van der Waals surface area contributed by atoms with Crippen LogP contribution in [0, 0.1) is 0 Å². The Labute approximate surface area is 134 Å². The molecule has 0 saturated carbocycles. The average Bonchev–Trinajstić information content (AvgIpc) is 3.19. The first-order valence-electron chi connectivity index (χ1n) is 7.39. The lowest BCUT2D eigenvalue weighted by Crippen LogP contribution is -2.26. The van der Waals surface area contributed by atoms with Crippen molar-refractivity contribution in [2.75, 3.05) is 20.5 Å². The van der Waals surface area contributed by atoms with Crippen LogP contribution in [0.2, 0.25) is 0 Å². The van der Waals surface area contributed by atoms with Crippen LogP contribution in [-0.2, 0) is 29.0 Å². The van der Waals surface area contributed by atoms with Crippen LogP contribution in [0.15, 0.2) is 30.7 Å².